The molecule has 0 bridgehead atoms. The summed E-state index contributed by atoms with van der Waals surface area (Å²) in [5.74, 6) is 0.930. The third-order valence-electron chi connectivity index (χ3n) is 6.38. The number of benzene rings is 2. The van der Waals surface area contributed by atoms with E-state index in [2.05, 4.69) is 5.10 Å². The van der Waals surface area contributed by atoms with E-state index in [1.165, 1.54) is 4.52 Å². The van der Waals surface area contributed by atoms with E-state index in [0.29, 0.717) is 23.6 Å². The highest BCUT2D eigenvalue weighted by atomic mass is 16.2. The molecule has 7 nitrogen and oxygen atoms in total. The van der Waals surface area contributed by atoms with E-state index in [-0.39, 0.29) is 18.0 Å². The van der Waals surface area contributed by atoms with Crippen molar-refractivity contribution in [3.05, 3.63) is 87.8 Å². The quantitative estimate of drug-likeness (QED) is 0.475. The molecule has 0 N–H and O–H groups in total. The van der Waals surface area contributed by atoms with Crippen LogP contribution in [0.5, 0.6) is 0 Å². The second-order valence-corrected chi connectivity index (χ2v) is 8.57. The molecule has 0 spiro atoms. The fraction of sp³-hybridized carbons (Fsp3) is 0.308. The van der Waals surface area contributed by atoms with Crippen molar-refractivity contribution >= 4 is 11.7 Å². The monoisotopic (exact) mass is 441 g/mol. The fourth-order valence-corrected chi connectivity index (χ4v) is 4.49. The molecule has 0 atom stereocenters. The second kappa shape index (κ2) is 9.02. The number of hydrogen-bond acceptors (Lipinski definition) is 4. The zero-order valence-corrected chi connectivity index (χ0v) is 18.8. The Labute approximate surface area is 192 Å². The van der Waals surface area contributed by atoms with Gasteiger partial charge >= 0.3 is 0 Å². The SMILES string of the molecule is Cc1c(Cc2ccccc2)c(=O)n2nc(-c3ccccc3)nc2n1CC(=O)N1CCCCC1. The number of carbonyl (C=O) groups is 1. The summed E-state index contributed by atoms with van der Waals surface area (Å²) < 4.78 is 3.22. The first kappa shape index (κ1) is 21.1. The molecule has 4 aromatic rings. The van der Waals surface area contributed by atoms with Gasteiger partial charge in [-0.25, -0.2) is 0 Å². The normalized spacial score (nSPS) is 14.0. The Morgan fingerprint density at radius 2 is 1.61 bits per heavy atom. The van der Waals surface area contributed by atoms with Crippen molar-refractivity contribution in [2.45, 2.75) is 39.2 Å². The molecule has 33 heavy (non-hydrogen) atoms. The van der Waals surface area contributed by atoms with Gasteiger partial charge in [0.05, 0.1) is 0 Å². The van der Waals surface area contributed by atoms with E-state index in [9.17, 15) is 9.59 Å². The molecule has 2 aromatic heterocycles. The van der Waals surface area contributed by atoms with Gasteiger partial charge in [-0.1, -0.05) is 60.7 Å². The molecule has 1 amide bonds. The highest BCUT2D eigenvalue weighted by Gasteiger charge is 2.23. The summed E-state index contributed by atoms with van der Waals surface area (Å²) in [5, 5.41) is 4.55. The van der Waals surface area contributed by atoms with E-state index in [1.807, 2.05) is 77.1 Å². The first-order valence-electron chi connectivity index (χ1n) is 11.5. The second-order valence-electron chi connectivity index (χ2n) is 8.57. The van der Waals surface area contributed by atoms with Crippen LogP contribution in [0.3, 0.4) is 0 Å². The van der Waals surface area contributed by atoms with E-state index in [0.717, 1.165) is 49.2 Å². The van der Waals surface area contributed by atoms with Crippen LogP contribution in [-0.4, -0.2) is 43.1 Å². The molecule has 1 fully saturated rings. The van der Waals surface area contributed by atoms with Crippen LogP contribution in [0.1, 0.15) is 36.1 Å². The number of amides is 1. The van der Waals surface area contributed by atoms with Crippen molar-refractivity contribution in [3.63, 3.8) is 0 Å². The maximum Gasteiger partial charge on any atom is 0.279 e. The largest absolute Gasteiger partial charge is 0.341 e. The van der Waals surface area contributed by atoms with Crippen molar-refractivity contribution < 1.29 is 4.79 Å². The van der Waals surface area contributed by atoms with Crippen LogP contribution in [0.2, 0.25) is 0 Å². The van der Waals surface area contributed by atoms with Crippen molar-refractivity contribution in [1.29, 1.82) is 0 Å². The maximum atomic E-state index is 13.5. The average Bonchev–Trinajstić information content (AvgIpc) is 3.32. The number of aromatic nitrogens is 4. The summed E-state index contributed by atoms with van der Waals surface area (Å²) in [6.07, 6.45) is 3.70. The van der Waals surface area contributed by atoms with Crippen LogP contribution in [0, 0.1) is 6.92 Å². The summed E-state index contributed by atoms with van der Waals surface area (Å²) in [6, 6.07) is 19.5. The first-order chi connectivity index (χ1) is 16.1. The van der Waals surface area contributed by atoms with Crippen LogP contribution >= 0.6 is 0 Å². The molecule has 3 heterocycles. The summed E-state index contributed by atoms with van der Waals surface area (Å²) in [6.45, 7) is 3.62. The molecule has 0 saturated carbocycles. The lowest BCUT2D eigenvalue weighted by Gasteiger charge is -2.27. The molecule has 0 unspecified atom stereocenters. The van der Waals surface area contributed by atoms with E-state index in [1.54, 1.807) is 0 Å². The van der Waals surface area contributed by atoms with Crippen molar-refractivity contribution in [2.24, 2.45) is 0 Å². The van der Waals surface area contributed by atoms with Gasteiger partial charge in [-0.3, -0.25) is 9.59 Å². The molecule has 0 radical (unpaired) electrons. The zero-order valence-electron chi connectivity index (χ0n) is 18.8. The molecule has 5 rings (SSSR count). The Kier molecular flexibility index (Phi) is 5.77. The summed E-state index contributed by atoms with van der Waals surface area (Å²) in [5.41, 5.74) is 3.06. The number of nitrogens with zero attached hydrogens (tertiary/aromatic N) is 5. The molecule has 1 saturated heterocycles. The van der Waals surface area contributed by atoms with Gasteiger partial charge in [0.25, 0.3) is 5.56 Å². The van der Waals surface area contributed by atoms with Gasteiger partial charge in [0.2, 0.25) is 11.7 Å². The van der Waals surface area contributed by atoms with Gasteiger partial charge in [0.1, 0.15) is 6.54 Å². The molecule has 2 aromatic carbocycles. The van der Waals surface area contributed by atoms with Crippen LogP contribution in [0.4, 0.5) is 0 Å². The Morgan fingerprint density at radius 1 is 0.939 bits per heavy atom. The lowest BCUT2D eigenvalue weighted by Crippen LogP contribution is -2.39. The molecule has 168 valence electrons. The predicted molar refractivity (Wildman–Crippen MR) is 127 cm³/mol. The average molecular weight is 442 g/mol. The lowest BCUT2D eigenvalue weighted by molar-refractivity contribution is -0.132. The number of piperidine rings is 1. The fourth-order valence-electron chi connectivity index (χ4n) is 4.49. The van der Waals surface area contributed by atoms with Gasteiger partial charge in [-0.15, -0.1) is 5.10 Å². The zero-order chi connectivity index (χ0) is 22.8. The Hall–Kier alpha value is -3.74. The third kappa shape index (κ3) is 4.18. The van der Waals surface area contributed by atoms with Crippen LogP contribution in [0.15, 0.2) is 65.5 Å². The van der Waals surface area contributed by atoms with Crippen molar-refractivity contribution in [1.82, 2.24) is 24.1 Å². The minimum Gasteiger partial charge on any atom is -0.341 e. The van der Waals surface area contributed by atoms with E-state index >= 15 is 0 Å². The topological polar surface area (TPSA) is 72.5 Å². The minimum absolute atomic E-state index is 0.0540. The van der Waals surface area contributed by atoms with Crippen LogP contribution in [0.25, 0.3) is 17.2 Å². The molecule has 1 aliphatic heterocycles. The third-order valence-corrected chi connectivity index (χ3v) is 6.38. The maximum absolute atomic E-state index is 13.5. The Balaban J connectivity index is 1.64. The summed E-state index contributed by atoms with van der Waals surface area (Å²) in [4.78, 5) is 33.3. The summed E-state index contributed by atoms with van der Waals surface area (Å²) >= 11 is 0. The van der Waals surface area contributed by atoms with Crippen molar-refractivity contribution in [2.75, 3.05) is 13.1 Å². The predicted octanol–water partition coefficient (Wildman–Crippen LogP) is 3.47. The number of rotatable bonds is 5. The molecular weight excluding hydrogens is 414 g/mol. The molecular formula is C26H27N5O2. The van der Waals surface area contributed by atoms with Gasteiger partial charge in [-0.2, -0.15) is 9.50 Å². The van der Waals surface area contributed by atoms with Crippen molar-refractivity contribution in [3.8, 4) is 11.4 Å². The number of fused-ring (bicyclic) bond motifs is 1. The van der Waals surface area contributed by atoms with E-state index < -0.39 is 0 Å². The number of carbonyl (C=O) groups excluding carboxylic acids is 1. The first-order valence-corrected chi connectivity index (χ1v) is 11.5. The molecule has 7 heteroatoms. The van der Waals surface area contributed by atoms with E-state index in [4.69, 9.17) is 4.98 Å². The molecule has 1 aliphatic rings. The standard InChI is InChI=1S/C26H27N5O2/c1-19-22(17-20-11-5-2-6-12-20)25(33)31-26(27-24(28-31)21-13-7-3-8-14-21)30(19)18-23(32)29-15-9-4-10-16-29/h2-3,5-8,11-14H,4,9-10,15-18H2,1H3. The minimum atomic E-state index is -0.192. The smallest absolute Gasteiger partial charge is 0.279 e. The Morgan fingerprint density at radius 3 is 2.30 bits per heavy atom. The number of hydrogen-bond donors (Lipinski definition) is 0. The molecule has 0 aliphatic carbocycles. The van der Waals surface area contributed by atoms with Gasteiger partial charge < -0.3 is 9.47 Å². The van der Waals surface area contributed by atoms with Crippen LogP contribution in [-0.2, 0) is 17.8 Å². The lowest BCUT2D eigenvalue weighted by atomic mass is 10.0. The highest BCUT2D eigenvalue weighted by molar-refractivity contribution is 5.77. The van der Waals surface area contributed by atoms with Gasteiger partial charge in [-0.05, 0) is 31.7 Å². The summed E-state index contributed by atoms with van der Waals surface area (Å²) in [7, 11) is 0. The van der Waals surface area contributed by atoms with Gasteiger partial charge in [0, 0.05) is 36.3 Å². The highest BCUT2D eigenvalue weighted by Crippen LogP contribution is 2.19. The van der Waals surface area contributed by atoms with Gasteiger partial charge in [0.15, 0.2) is 5.82 Å². The van der Waals surface area contributed by atoms with Crippen LogP contribution < -0.4 is 5.56 Å². The Bertz CT molecular complexity index is 1340. The number of likely N-dealkylation sites (tertiary alicyclic amines) is 1.